The number of nitrogens with one attached hydrogen (secondary N) is 1. The van der Waals surface area contributed by atoms with E-state index in [-0.39, 0.29) is 17.6 Å². The van der Waals surface area contributed by atoms with Gasteiger partial charge in [0.05, 0.1) is 7.11 Å². The molecule has 6 heteroatoms. The molecule has 0 bridgehead atoms. The molecule has 1 aromatic carbocycles. The molecule has 0 unspecified atom stereocenters. The number of methoxy groups -OCH3 is 1. The van der Waals surface area contributed by atoms with E-state index in [2.05, 4.69) is 27.3 Å². The second kappa shape index (κ2) is 6.24. The van der Waals surface area contributed by atoms with E-state index in [1.165, 1.54) is 23.4 Å². The average Bonchev–Trinajstić information content (AvgIpc) is 2.93. The lowest BCUT2D eigenvalue weighted by Gasteiger charge is -2.37. The van der Waals surface area contributed by atoms with Crippen LogP contribution in [0.15, 0.2) is 36.4 Å². The second-order valence-electron chi connectivity index (χ2n) is 5.70. The molecule has 1 aliphatic rings. The fraction of sp³-hybridized carbons (Fsp3) is 0.353. The minimum atomic E-state index is -0.551. The maximum absolute atomic E-state index is 12.4. The largest absolute Gasteiger partial charge is 0.464 e. The van der Waals surface area contributed by atoms with E-state index in [0.717, 1.165) is 12.8 Å². The third-order valence-corrected chi connectivity index (χ3v) is 4.33. The molecule has 0 spiro atoms. The van der Waals surface area contributed by atoms with E-state index >= 15 is 0 Å². The number of aryl methyl sites for hydroxylation is 1. The van der Waals surface area contributed by atoms with Gasteiger partial charge in [0.25, 0.3) is 5.91 Å². The Morgan fingerprint density at radius 2 is 2.00 bits per heavy atom. The third-order valence-electron chi connectivity index (χ3n) is 4.33. The van der Waals surface area contributed by atoms with Crippen molar-refractivity contribution >= 4 is 11.9 Å². The Morgan fingerprint density at radius 3 is 2.61 bits per heavy atom. The van der Waals surface area contributed by atoms with E-state index in [0.29, 0.717) is 11.6 Å². The van der Waals surface area contributed by atoms with Gasteiger partial charge in [-0.25, -0.2) is 4.79 Å². The van der Waals surface area contributed by atoms with Crippen molar-refractivity contribution in [3.05, 3.63) is 53.3 Å². The zero-order valence-electron chi connectivity index (χ0n) is 13.2. The molecule has 23 heavy (non-hydrogen) atoms. The Balaban J connectivity index is 1.70. The number of carbonyl (C=O) groups is 2. The minimum absolute atomic E-state index is 0.112. The maximum atomic E-state index is 12.4. The summed E-state index contributed by atoms with van der Waals surface area (Å²) in [4.78, 5) is 23.9. The lowest BCUT2D eigenvalue weighted by atomic mass is 9.75. The van der Waals surface area contributed by atoms with E-state index in [4.69, 9.17) is 0 Å². The van der Waals surface area contributed by atoms with Crippen molar-refractivity contribution in [3.8, 4) is 0 Å². The quantitative estimate of drug-likeness (QED) is 0.875. The van der Waals surface area contributed by atoms with E-state index in [1.807, 2.05) is 18.2 Å². The summed E-state index contributed by atoms with van der Waals surface area (Å²) < 4.78 is 6.03. The smallest absolute Gasteiger partial charge is 0.358 e. The van der Waals surface area contributed by atoms with Gasteiger partial charge in [0.2, 0.25) is 0 Å². The summed E-state index contributed by atoms with van der Waals surface area (Å²) in [5.74, 6) is -0.431. The average molecular weight is 313 g/mol. The van der Waals surface area contributed by atoms with Gasteiger partial charge in [0.15, 0.2) is 5.69 Å². The van der Waals surface area contributed by atoms with Crippen LogP contribution in [0.2, 0.25) is 0 Å². The lowest BCUT2D eigenvalue weighted by molar-refractivity contribution is 0.0593. The van der Waals surface area contributed by atoms with Crippen molar-refractivity contribution in [1.29, 1.82) is 0 Å². The van der Waals surface area contributed by atoms with Crippen molar-refractivity contribution in [2.75, 3.05) is 7.11 Å². The first-order chi connectivity index (χ1) is 11.1. The van der Waals surface area contributed by atoms with Crippen LogP contribution < -0.4 is 5.32 Å². The Kier molecular flexibility index (Phi) is 4.14. The number of ether oxygens (including phenoxy) is 1. The number of benzene rings is 1. The van der Waals surface area contributed by atoms with Gasteiger partial charge in [0.1, 0.15) is 5.69 Å². The molecule has 3 rings (SSSR count). The molecule has 1 saturated carbocycles. The first-order valence-electron chi connectivity index (χ1n) is 7.58. The van der Waals surface area contributed by atoms with Crippen LogP contribution in [0, 0.1) is 0 Å². The molecule has 0 aliphatic heterocycles. The molecule has 120 valence electrons. The zero-order valence-corrected chi connectivity index (χ0v) is 13.2. The van der Waals surface area contributed by atoms with Crippen molar-refractivity contribution in [1.82, 2.24) is 15.1 Å². The van der Waals surface area contributed by atoms with Crippen molar-refractivity contribution in [2.45, 2.75) is 24.8 Å². The van der Waals surface area contributed by atoms with Gasteiger partial charge in [-0.1, -0.05) is 30.3 Å². The van der Waals surface area contributed by atoms with Gasteiger partial charge in [-0.15, -0.1) is 0 Å². The van der Waals surface area contributed by atoms with Gasteiger partial charge >= 0.3 is 5.97 Å². The van der Waals surface area contributed by atoms with Gasteiger partial charge < -0.3 is 10.1 Å². The number of esters is 1. The SMILES string of the molecule is COC(=O)c1cc(C(=O)N[C@@H]2CC[C@@H]2c2ccccc2)n(C)n1. The summed E-state index contributed by atoms with van der Waals surface area (Å²) in [7, 11) is 2.92. The Morgan fingerprint density at radius 1 is 1.26 bits per heavy atom. The van der Waals surface area contributed by atoms with Crippen molar-refractivity contribution in [2.24, 2.45) is 7.05 Å². The lowest BCUT2D eigenvalue weighted by Crippen LogP contribution is -2.45. The van der Waals surface area contributed by atoms with Crippen LogP contribution >= 0.6 is 0 Å². The van der Waals surface area contributed by atoms with Crippen LogP contribution in [0.25, 0.3) is 0 Å². The number of carbonyl (C=O) groups excluding carboxylic acids is 2. The molecule has 1 heterocycles. The van der Waals surface area contributed by atoms with Gasteiger partial charge in [-0.05, 0) is 18.4 Å². The van der Waals surface area contributed by atoms with Crippen LogP contribution in [-0.2, 0) is 11.8 Å². The minimum Gasteiger partial charge on any atom is -0.464 e. The van der Waals surface area contributed by atoms with Crippen LogP contribution in [-0.4, -0.2) is 34.8 Å². The molecule has 1 fully saturated rings. The fourth-order valence-electron chi connectivity index (χ4n) is 2.90. The number of nitrogens with zero attached hydrogens (tertiary/aromatic N) is 2. The summed E-state index contributed by atoms with van der Waals surface area (Å²) in [6.45, 7) is 0. The molecular formula is C17H19N3O3. The van der Waals surface area contributed by atoms with Crippen LogP contribution in [0.4, 0.5) is 0 Å². The van der Waals surface area contributed by atoms with E-state index < -0.39 is 5.97 Å². The molecule has 0 radical (unpaired) electrons. The van der Waals surface area contributed by atoms with Gasteiger partial charge in [-0.3, -0.25) is 9.48 Å². The number of hydrogen-bond donors (Lipinski definition) is 1. The van der Waals surface area contributed by atoms with E-state index in [9.17, 15) is 9.59 Å². The van der Waals surface area contributed by atoms with Crippen LogP contribution in [0.5, 0.6) is 0 Å². The monoisotopic (exact) mass is 313 g/mol. The molecule has 2 atom stereocenters. The normalized spacial score (nSPS) is 19.7. The van der Waals surface area contributed by atoms with Crippen molar-refractivity contribution < 1.29 is 14.3 Å². The summed E-state index contributed by atoms with van der Waals surface area (Å²) in [6, 6.07) is 11.7. The highest BCUT2D eigenvalue weighted by molar-refractivity contribution is 5.96. The number of rotatable bonds is 4. The highest BCUT2D eigenvalue weighted by Gasteiger charge is 2.34. The molecule has 1 N–H and O–H groups in total. The topological polar surface area (TPSA) is 73.2 Å². The Bertz CT molecular complexity index is 724. The first kappa shape index (κ1) is 15.3. The predicted octanol–water partition coefficient (Wildman–Crippen LogP) is 1.88. The molecule has 1 aliphatic carbocycles. The maximum Gasteiger partial charge on any atom is 0.358 e. The van der Waals surface area contributed by atoms with E-state index in [1.54, 1.807) is 7.05 Å². The fourth-order valence-corrected chi connectivity index (χ4v) is 2.90. The van der Waals surface area contributed by atoms with Gasteiger partial charge in [-0.2, -0.15) is 5.10 Å². The molecule has 0 saturated heterocycles. The standard InChI is InChI=1S/C17H19N3O3/c1-20-15(10-14(19-20)17(22)23-2)16(21)18-13-9-8-12(13)11-6-4-3-5-7-11/h3-7,10,12-13H,8-9H2,1-2H3,(H,18,21)/t12-,13-/m1/s1. The Labute approximate surface area is 134 Å². The zero-order chi connectivity index (χ0) is 16.4. The summed E-state index contributed by atoms with van der Waals surface area (Å²) in [5.41, 5.74) is 1.72. The number of amides is 1. The van der Waals surface area contributed by atoms with Gasteiger partial charge in [0, 0.05) is 25.1 Å². The first-order valence-corrected chi connectivity index (χ1v) is 7.58. The predicted molar refractivity (Wildman–Crippen MR) is 84.2 cm³/mol. The molecule has 1 amide bonds. The van der Waals surface area contributed by atoms with Crippen LogP contribution in [0.3, 0.4) is 0 Å². The van der Waals surface area contributed by atoms with Crippen LogP contribution in [0.1, 0.15) is 45.3 Å². The molecule has 1 aromatic heterocycles. The molecular weight excluding hydrogens is 294 g/mol. The molecule has 2 aromatic rings. The summed E-state index contributed by atoms with van der Waals surface area (Å²) >= 11 is 0. The second-order valence-corrected chi connectivity index (χ2v) is 5.70. The third kappa shape index (κ3) is 2.97. The Hall–Kier alpha value is -2.63. The highest BCUT2D eigenvalue weighted by Crippen LogP contribution is 2.36. The number of hydrogen-bond acceptors (Lipinski definition) is 4. The molecule has 6 nitrogen and oxygen atoms in total. The summed E-state index contributed by atoms with van der Waals surface area (Å²) in [6.07, 6.45) is 2.01. The highest BCUT2D eigenvalue weighted by atomic mass is 16.5. The summed E-state index contributed by atoms with van der Waals surface area (Å²) in [5, 5.41) is 7.05. The number of aromatic nitrogens is 2. The van der Waals surface area contributed by atoms with Crippen molar-refractivity contribution in [3.63, 3.8) is 0 Å².